The van der Waals surface area contributed by atoms with Gasteiger partial charge in [0.15, 0.2) is 11.5 Å². The topological polar surface area (TPSA) is 88.6 Å². The fourth-order valence-electron chi connectivity index (χ4n) is 4.21. The summed E-state index contributed by atoms with van der Waals surface area (Å²) in [4.78, 5) is 26.3. The Bertz CT molecular complexity index is 1340. The zero-order valence-electron chi connectivity index (χ0n) is 22.2. The maximum Gasteiger partial charge on any atom is 0.251 e. The number of amides is 1. The van der Waals surface area contributed by atoms with Gasteiger partial charge in [-0.05, 0) is 73.5 Å². The molecule has 1 amide bonds. The number of carbonyl (C=O) groups is 1. The summed E-state index contributed by atoms with van der Waals surface area (Å²) in [5.74, 6) is 2.64. The minimum absolute atomic E-state index is 0.0284. The van der Waals surface area contributed by atoms with E-state index in [0.29, 0.717) is 29.4 Å². The summed E-state index contributed by atoms with van der Waals surface area (Å²) in [5.41, 5.74) is 1.46. The zero-order valence-corrected chi connectivity index (χ0v) is 23.1. The van der Waals surface area contributed by atoms with Crippen LogP contribution in [0.1, 0.15) is 23.1 Å². The lowest BCUT2D eigenvalue weighted by Crippen LogP contribution is -2.31. The highest BCUT2D eigenvalue weighted by atomic mass is 32.2. The van der Waals surface area contributed by atoms with Crippen LogP contribution < -0.4 is 20.1 Å². The van der Waals surface area contributed by atoms with Gasteiger partial charge in [0.05, 0.1) is 25.8 Å². The number of thiol groups is 1. The average Bonchev–Trinajstić information content (AvgIpc) is 3.38. The SMILES string of the molecule is COc1cc2nc(C)nc(NC(C)C3=CC=C[SH]3c3ccc(C(=O)NCCN(C)C)cc3)c2cc1OC. The van der Waals surface area contributed by atoms with Crippen molar-refractivity contribution < 1.29 is 14.3 Å². The maximum atomic E-state index is 12.5. The normalized spacial score (nSPS) is 16.5. The number of hydrogen-bond donors (Lipinski definition) is 3. The number of nitrogens with zero attached hydrogens (tertiary/aromatic N) is 3. The van der Waals surface area contributed by atoms with Crippen molar-refractivity contribution in [1.82, 2.24) is 20.2 Å². The van der Waals surface area contributed by atoms with E-state index in [1.165, 1.54) is 9.80 Å². The molecule has 8 nitrogen and oxygen atoms in total. The number of aromatic nitrogens is 2. The van der Waals surface area contributed by atoms with Gasteiger partial charge in [-0.25, -0.2) is 9.97 Å². The van der Waals surface area contributed by atoms with Gasteiger partial charge in [-0.2, -0.15) is 10.9 Å². The minimum atomic E-state index is -0.667. The molecule has 1 aliphatic rings. The lowest BCUT2D eigenvalue weighted by molar-refractivity contribution is 0.0951. The Kier molecular flexibility index (Phi) is 8.35. The van der Waals surface area contributed by atoms with Gasteiger partial charge in [0, 0.05) is 30.1 Å². The molecule has 196 valence electrons. The highest BCUT2D eigenvalue weighted by molar-refractivity contribution is 8.23. The molecule has 37 heavy (non-hydrogen) atoms. The van der Waals surface area contributed by atoms with Gasteiger partial charge >= 0.3 is 0 Å². The molecule has 4 rings (SSSR count). The molecule has 2 unspecified atom stereocenters. The van der Waals surface area contributed by atoms with Crippen LogP contribution in [0, 0.1) is 6.92 Å². The predicted octanol–water partition coefficient (Wildman–Crippen LogP) is 4.52. The molecule has 3 aromatic rings. The number of benzene rings is 2. The van der Waals surface area contributed by atoms with Gasteiger partial charge < -0.3 is 25.0 Å². The molecule has 1 aliphatic heterocycles. The largest absolute Gasteiger partial charge is 0.493 e. The highest BCUT2D eigenvalue weighted by Crippen LogP contribution is 2.50. The van der Waals surface area contributed by atoms with E-state index in [-0.39, 0.29) is 11.9 Å². The van der Waals surface area contributed by atoms with Gasteiger partial charge in [0.25, 0.3) is 5.91 Å². The molecule has 2 atom stereocenters. The molecular weight excluding hydrogens is 486 g/mol. The number of aryl methyl sites for hydroxylation is 1. The summed E-state index contributed by atoms with van der Waals surface area (Å²) < 4.78 is 11.0. The number of nitrogens with one attached hydrogen (secondary N) is 2. The van der Waals surface area contributed by atoms with Crippen molar-refractivity contribution in [3.8, 4) is 11.5 Å². The van der Waals surface area contributed by atoms with Gasteiger partial charge in [-0.15, -0.1) is 0 Å². The van der Waals surface area contributed by atoms with Crippen molar-refractivity contribution in [3.63, 3.8) is 0 Å². The van der Waals surface area contributed by atoms with E-state index in [9.17, 15) is 4.79 Å². The van der Waals surface area contributed by atoms with Gasteiger partial charge in [0.1, 0.15) is 11.6 Å². The van der Waals surface area contributed by atoms with Crippen LogP contribution in [0.3, 0.4) is 0 Å². The number of allylic oxidation sites excluding steroid dienone is 2. The molecule has 0 radical (unpaired) electrons. The Morgan fingerprint density at radius 3 is 2.46 bits per heavy atom. The molecule has 0 aliphatic carbocycles. The van der Waals surface area contributed by atoms with Crippen LogP contribution in [-0.4, -0.2) is 68.2 Å². The lowest BCUT2D eigenvalue weighted by atomic mass is 10.2. The Morgan fingerprint density at radius 1 is 1.08 bits per heavy atom. The molecule has 2 heterocycles. The Hall–Kier alpha value is -3.56. The van der Waals surface area contributed by atoms with Crippen molar-refractivity contribution in [3.05, 3.63) is 70.3 Å². The highest BCUT2D eigenvalue weighted by Gasteiger charge is 2.21. The Morgan fingerprint density at radius 2 is 1.78 bits per heavy atom. The quantitative estimate of drug-likeness (QED) is 0.338. The summed E-state index contributed by atoms with van der Waals surface area (Å²) >= 11 is 0. The summed E-state index contributed by atoms with van der Waals surface area (Å²) in [6.07, 6.45) is 4.28. The van der Waals surface area contributed by atoms with E-state index in [2.05, 4.69) is 52.2 Å². The monoisotopic (exact) mass is 521 g/mol. The van der Waals surface area contributed by atoms with E-state index in [0.717, 1.165) is 23.3 Å². The van der Waals surface area contributed by atoms with Crippen LogP contribution in [0.4, 0.5) is 5.82 Å². The van der Waals surface area contributed by atoms with Gasteiger partial charge in [-0.3, -0.25) is 4.79 Å². The minimum Gasteiger partial charge on any atom is -0.493 e. The van der Waals surface area contributed by atoms with Crippen molar-refractivity contribution in [2.75, 3.05) is 46.7 Å². The number of rotatable bonds is 10. The van der Waals surface area contributed by atoms with Crippen LogP contribution in [0.25, 0.3) is 10.9 Å². The molecule has 0 spiro atoms. The predicted molar refractivity (Wildman–Crippen MR) is 152 cm³/mol. The smallest absolute Gasteiger partial charge is 0.251 e. The summed E-state index contributed by atoms with van der Waals surface area (Å²) in [6.45, 7) is 5.45. The standard InChI is InChI=1S/C28H35N5O3S/c1-18(30-27-22-16-24(35-5)25(36-6)17-23(22)31-19(2)32-27)26-8-7-15-37(26)21-11-9-20(10-12-21)28(34)29-13-14-33(3)4/h7-12,15-18,37H,13-14H2,1-6H3,(H,29,34)(H,30,31,32). The fraction of sp³-hybridized carbons (Fsp3) is 0.321. The van der Waals surface area contributed by atoms with Gasteiger partial charge in [0.2, 0.25) is 0 Å². The first-order valence-electron chi connectivity index (χ1n) is 12.2. The van der Waals surface area contributed by atoms with E-state index in [1.807, 2.05) is 50.2 Å². The van der Waals surface area contributed by atoms with Crippen LogP contribution in [0.2, 0.25) is 0 Å². The number of likely N-dealkylation sites (N-methyl/N-ethyl adjacent to an activating group) is 1. The molecule has 0 fully saturated rings. The molecule has 2 aromatic carbocycles. The van der Waals surface area contributed by atoms with E-state index >= 15 is 0 Å². The van der Waals surface area contributed by atoms with E-state index < -0.39 is 10.9 Å². The summed E-state index contributed by atoms with van der Waals surface area (Å²) in [5, 5.41) is 9.69. The molecule has 0 saturated heterocycles. The van der Waals surface area contributed by atoms with Crippen LogP contribution in [-0.2, 0) is 0 Å². The molecule has 0 bridgehead atoms. The molecule has 9 heteroatoms. The zero-order chi connectivity index (χ0) is 26.5. The summed E-state index contributed by atoms with van der Waals surface area (Å²) in [7, 11) is 6.54. The van der Waals surface area contributed by atoms with Crippen LogP contribution in [0.15, 0.2) is 63.8 Å². The Labute approximate surface area is 221 Å². The fourth-order valence-corrected chi connectivity index (χ4v) is 6.31. The Balaban J connectivity index is 1.52. The third-order valence-electron chi connectivity index (χ3n) is 6.14. The third kappa shape index (κ3) is 6.06. The molecule has 1 aromatic heterocycles. The lowest BCUT2D eigenvalue weighted by Gasteiger charge is -2.26. The number of hydrogen-bond acceptors (Lipinski definition) is 7. The van der Waals surface area contributed by atoms with Crippen molar-refractivity contribution in [2.24, 2.45) is 0 Å². The van der Waals surface area contributed by atoms with E-state index in [1.54, 1.807) is 14.2 Å². The number of anilines is 1. The molecule has 0 saturated carbocycles. The van der Waals surface area contributed by atoms with Crippen molar-refractivity contribution in [1.29, 1.82) is 0 Å². The van der Waals surface area contributed by atoms with E-state index in [4.69, 9.17) is 14.5 Å². The average molecular weight is 522 g/mol. The number of ether oxygens (including phenoxy) is 2. The molecular formula is C28H35N5O3S. The second kappa shape index (κ2) is 11.7. The number of carbonyl (C=O) groups excluding carboxylic acids is 1. The van der Waals surface area contributed by atoms with Crippen molar-refractivity contribution in [2.45, 2.75) is 24.8 Å². The first-order chi connectivity index (χ1) is 17.8. The second-order valence-electron chi connectivity index (χ2n) is 9.12. The maximum absolute atomic E-state index is 12.5. The van der Waals surface area contributed by atoms with Crippen molar-refractivity contribution >= 4 is 33.5 Å². The summed E-state index contributed by atoms with van der Waals surface area (Å²) in [6, 6.07) is 11.8. The number of fused-ring (bicyclic) bond motifs is 1. The number of methoxy groups -OCH3 is 2. The third-order valence-corrected chi connectivity index (χ3v) is 8.56. The van der Waals surface area contributed by atoms with Crippen LogP contribution >= 0.6 is 10.9 Å². The first kappa shape index (κ1) is 26.5. The second-order valence-corrected chi connectivity index (χ2v) is 11.2. The first-order valence-corrected chi connectivity index (χ1v) is 13.6. The van der Waals surface area contributed by atoms with Crippen LogP contribution in [0.5, 0.6) is 11.5 Å². The van der Waals surface area contributed by atoms with Gasteiger partial charge in [-0.1, -0.05) is 12.2 Å². The molecule has 2 N–H and O–H groups in total.